The molecular formula is C8H10O3. The van der Waals surface area contributed by atoms with E-state index in [0.29, 0.717) is 6.61 Å². The highest BCUT2D eigenvalue weighted by molar-refractivity contribution is 5.75. The van der Waals surface area contributed by atoms with Crippen LogP contribution in [0.25, 0.3) is 0 Å². The van der Waals surface area contributed by atoms with Gasteiger partial charge in [-0.1, -0.05) is 12.7 Å². The smallest absolute Gasteiger partial charge is 0.316 e. The highest BCUT2D eigenvalue weighted by atomic mass is 16.5. The van der Waals surface area contributed by atoms with Crippen LogP contribution in [0.4, 0.5) is 0 Å². The zero-order valence-electron chi connectivity index (χ0n) is 6.16. The van der Waals surface area contributed by atoms with Gasteiger partial charge in [0.15, 0.2) is 0 Å². The molecule has 0 saturated carbocycles. The molecule has 0 aromatic heterocycles. The van der Waals surface area contributed by atoms with E-state index in [4.69, 9.17) is 9.47 Å². The lowest BCUT2D eigenvalue weighted by atomic mass is 10.2. The van der Waals surface area contributed by atoms with Crippen LogP contribution in [0.15, 0.2) is 25.0 Å². The van der Waals surface area contributed by atoms with Crippen LogP contribution < -0.4 is 0 Å². The maximum atomic E-state index is 11.0. The van der Waals surface area contributed by atoms with Crippen LogP contribution in [-0.2, 0) is 14.3 Å². The highest BCUT2D eigenvalue weighted by Gasteiger charge is 2.20. The summed E-state index contributed by atoms with van der Waals surface area (Å²) in [7, 11) is 0. The van der Waals surface area contributed by atoms with Gasteiger partial charge in [-0.3, -0.25) is 4.79 Å². The molecule has 0 radical (unpaired) electrons. The van der Waals surface area contributed by atoms with Crippen molar-refractivity contribution in [3.8, 4) is 0 Å². The number of esters is 1. The highest BCUT2D eigenvalue weighted by Crippen LogP contribution is 2.09. The summed E-state index contributed by atoms with van der Waals surface area (Å²) < 4.78 is 9.64. The zero-order chi connectivity index (χ0) is 8.10. The minimum absolute atomic E-state index is 0.227. The topological polar surface area (TPSA) is 35.5 Å². The van der Waals surface area contributed by atoms with Crippen LogP contribution in [0, 0.1) is 5.92 Å². The average Bonchev–Trinajstić information content (AvgIpc) is 2.52. The van der Waals surface area contributed by atoms with E-state index < -0.39 is 0 Å². The van der Waals surface area contributed by atoms with E-state index in [-0.39, 0.29) is 18.5 Å². The van der Waals surface area contributed by atoms with Crippen LogP contribution >= 0.6 is 0 Å². The van der Waals surface area contributed by atoms with Gasteiger partial charge >= 0.3 is 5.97 Å². The van der Waals surface area contributed by atoms with Gasteiger partial charge in [0.2, 0.25) is 0 Å². The third-order valence-electron chi connectivity index (χ3n) is 1.33. The first kappa shape index (κ1) is 7.85. The molecule has 0 N–H and O–H groups in total. The van der Waals surface area contributed by atoms with Gasteiger partial charge in [0, 0.05) is 0 Å². The van der Waals surface area contributed by atoms with E-state index in [2.05, 4.69) is 6.58 Å². The number of hydrogen-bond acceptors (Lipinski definition) is 3. The Labute approximate surface area is 65.3 Å². The molecule has 0 aliphatic carbocycles. The molecule has 1 atom stereocenters. The lowest BCUT2D eigenvalue weighted by Crippen LogP contribution is -2.17. The van der Waals surface area contributed by atoms with Crippen molar-refractivity contribution in [2.24, 2.45) is 5.92 Å². The molecule has 1 aliphatic rings. The van der Waals surface area contributed by atoms with Gasteiger partial charge in [-0.15, -0.1) is 0 Å². The quantitative estimate of drug-likeness (QED) is 0.447. The molecular weight excluding hydrogens is 144 g/mol. The lowest BCUT2D eigenvalue weighted by molar-refractivity contribution is -0.146. The molecule has 0 saturated heterocycles. The summed E-state index contributed by atoms with van der Waals surface area (Å²) in [5, 5.41) is 0. The third-order valence-corrected chi connectivity index (χ3v) is 1.33. The molecule has 60 valence electrons. The van der Waals surface area contributed by atoms with Crippen molar-refractivity contribution >= 4 is 5.97 Å². The largest absolute Gasteiger partial charge is 0.500 e. The fourth-order valence-corrected chi connectivity index (χ4v) is 0.760. The number of carbonyl (C=O) groups excluding carboxylic acids is 1. The predicted octanol–water partition coefficient (Wildman–Crippen LogP) is 0.876. The first-order chi connectivity index (χ1) is 5.34. The number of rotatable bonds is 3. The minimum Gasteiger partial charge on any atom is -0.500 e. The summed E-state index contributed by atoms with van der Waals surface area (Å²) in [5.74, 6) is -0.478. The molecule has 3 heteroatoms. The van der Waals surface area contributed by atoms with Crippen molar-refractivity contribution in [2.75, 3.05) is 13.2 Å². The SMILES string of the molecule is C=CCOC(=O)C1C=COC1. The fraction of sp³-hybridized carbons (Fsp3) is 0.375. The molecule has 11 heavy (non-hydrogen) atoms. The van der Waals surface area contributed by atoms with Gasteiger partial charge in [0.1, 0.15) is 19.1 Å². The summed E-state index contributed by atoms with van der Waals surface area (Å²) in [4.78, 5) is 11.0. The van der Waals surface area contributed by atoms with Crippen molar-refractivity contribution in [1.82, 2.24) is 0 Å². The van der Waals surface area contributed by atoms with Gasteiger partial charge < -0.3 is 9.47 Å². The number of ether oxygens (including phenoxy) is 2. The predicted molar refractivity (Wildman–Crippen MR) is 39.7 cm³/mol. The molecule has 1 aliphatic heterocycles. The Morgan fingerprint density at radius 2 is 2.73 bits per heavy atom. The Balaban J connectivity index is 2.29. The second-order valence-electron chi connectivity index (χ2n) is 2.19. The van der Waals surface area contributed by atoms with Crippen molar-refractivity contribution in [2.45, 2.75) is 0 Å². The zero-order valence-corrected chi connectivity index (χ0v) is 6.16. The number of hydrogen-bond donors (Lipinski definition) is 0. The summed E-state index contributed by atoms with van der Waals surface area (Å²) in [6.45, 7) is 4.10. The third kappa shape index (κ3) is 2.11. The maximum absolute atomic E-state index is 11.0. The van der Waals surface area contributed by atoms with Crippen LogP contribution in [0.3, 0.4) is 0 Å². The summed E-state index contributed by atoms with van der Waals surface area (Å²) in [6, 6.07) is 0. The molecule has 0 amide bonds. The Morgan fingerprint density at radius 3 is 3.27 bits per heavy atom. The summed E-state index contributed by atoms with van der Waals surface area (Å²) in [5.41, 5.74) is 0. The molecule has 0 aromatic rings. The van der Waals surface area contributed by atoms with E-state index in [0.717, 1.165) is 0 Å². The van der Waals surface area contributed by atoms with Crippen molar-refractivity contribution < 1.29 is 14.3 Å². The Bertz CT molecular complexity index is 184. The van der Waals surface area contributed by atoms with E-state index >= 15 is 0 Å². The van der Waals surface area contributed by atoms with Gasteiger partial charge in [-0.25, -0.2) is 0 Å². The molecule has 3 nitrogen and oxygen atoms in total. The van der Waals surface area contributed by atoms with Crippen LogP contribution in [0.5, 0.6) is 0 Å². The van der Waals surface area contributed by atoms with Gasteiger partial charge in [0.05, 0.1) is 6.26 Å². The van der Waals surface area contributed by atoms with Crippen molar-refractivity contribution in [1.29, 1.82) is 0 Å². The van der Waals surface area contributed by atoms with E-state index in [1.54, 1.807) is 6.08 Å². The molecule has 1 rings (SSSR count). The van der Waals surface area contributed by atoms with Crippen LogP contribution in [0.2, 0.25) is 0 Å². The molecule has 1 unspecified atom stereocenters. The normalized spacial score (nSPS) is 20.9. The second kappa shape index (κ2) is 3.81. The molecule has 0 fully saturated rings. The van der Waals surface area contributed by atoms with E-state index in [1.165, 1.54) is 12.3 Å². The molecule has 0 aromatic carbocycles. The van der Waals surface area contributed by atoms with Gasteiger partial charge in [0.25, 0.3) is 0 Å². The maximum Gasteiger partial charge on any atom is 0.316 e. The molecule has 0 bridgehead atoms. The van der Waals surface area contributed by atoms with Crippen LogP contribution in [-0.4, -0.2) is 19.2 Å². The first-order valence-electron chi connectivity index (χ1n) is 3.40. The lowest BCUT2D eigenvalue weighted by Gasteiger charge is -2.04. The van der Waals surface area contributed by atoms with Gasteiger partial charge in [-0.05, 0) is 6.08 Å². The summed E-state index contributed by atoms with van der Waals surface area (Å²) in [6.07, 6.45) is 4.74. The summed E-state index contributed by atoms with van der Waals surface area (Å²) >= 11 is 0. The molecule has 1 heterocycles. The number of carbonyl (C=O) groups is 1. The van der Waals surface area contributed by atoms with Gasteiger partial charge in [-0.2, -0.15) is 0 Å². The second-order valence-corrected chi connectivity index (χ2v) is 2.19. The van der Waals surface area contributed by atoms with Crippen LogP contribution in [0.1, 0.15) is 0 Å². The Hall–Kier alpha value is -1.25. The monoisotopic (exact) mass is 154 g/mol. The first-order valence-corrected chi connectivity index (χ1v) is 3.40. The standard InChI is InChI=1S/C8H10O3/c1-2-4-11-8(9)7-3-5-10-6-7/h2-3,5,7H,1,4,6H2. The molecule has 0 spiro atoms. The van der Waals surface area contributed by atoms with E-state index in [9.17, 15) is 4.79 Å². The Morgan fingerprint density at radius 1 is 1.91 bits per heavy atom. The average molecular weight is 154 g/mol. The van der Waals surface area contributed by atoms with E-state index in [1.807, 2.05) is 0 Å². The van der Waals surface area contributed by atoms with Crippen molar-refractivity contribution in [3.05, 3.63) is 25.0 Å². The minimum atomic E-state index is -0.251. The Kier molecular flexibility index (Phi) is 2.72. The van der Waals surface area contributed by atoms with Crippen molar-refractivity contribution in [3.63, 3.8) is 0 Å². The fourth-order valence-electron chi connectivity index (χ4n) is 0.760.